The topological polar surface area (TPSA) is 112 Å². The molecule has 1 unspecified atom stereocenters. The Balaban J connectivity index is 3.01. The van der Waals surface area contributed by atoms with Gasteiger partial charge in [0, 0.05) is 32.2 Å². The summed E-state index contributed by atoms with van der Waals surface area (Å²) in [6.07, 6.45) is 2.38. The van der Waals surface area contributed by atoms with Crippen LogP contribution in [0.5, 0.6) is 0 Å². The second-order valence-corrected chi connectivity index (χ2v) is 10.8. The Bertz CT molecular complexity index is 770. The van der Waals surface area contributed by atoms with Gasteiger partial charge in [0.25, 0.3) is 11.8 Å². The number of hydrogen-bond donors (Lipinski definition) is 1. The molecule has 0 aliphatic carbocycles. The van der Waals surface area contributed by atoms with Gasteiger partial charge in [-0.1, -0.05) is 0 Å². The lowest BCUT2D eigenvalue weighted by molar-refractivity contribution is -0.156. The molecule has 34 heavy (non-hydrogen) atoms. The lowest BCUT2D eigenvalue weighted by Crippen LogP contribution is -2.54. The Morgan fingerprint density at radius 2 is 1.59 bits per heavy atom. The first-order chi connectivity index (χ1) is 15.5. The molecule has 1 aliphatic heterocycles. The molecule has 0 fully saturated rings. The van der Waals surface area contributed by atoms with Gasteiger partial charge in [0.15, 0.2) is 6.04 Å². The average molecular weight is 503 g/mol. The zero-order chi connectivity index (χ0) is 26.3. The number of carbonyl (C=O) groups excluding carboxylic acids is 4. The third kappa shape index (κ3) is 9.63. The fourth-order valence-electron chi connectivity index (χ4n) is 3.00. The molecular weight excluding hydrogens is 464 g/mol. The van der Waals surface area contributed by atoms with Crippen LogP contribution < -0.4 is 0 Å². The molecule has 0 radical (unpaired) electrons. The minimum atomic E-state index is -1.32. The number of amides is 3. The second-order valence-electron chi connectivity index (χ2n) is 9.83. The van der Waals surface area contributed by atoms with Crippen molar-refractivity contribution in [2.24, 2.45) is 0 Å². The Morgan fingerprint density at radius 3 is 2.06 bits per heavy atom. The Kier molecular flexibility index (Phi) is 10.6. The summed E-state index contributed by atoms with van der Waals surface area (Å²) in [7, 11) is 2.72. The molecule has 0 saturated heterocycles. The van der Waals surface area contributed by atoms with Gasteiger partial charge in [-0.3, -0.25) is 14.5 Å². The number of imide groups is 1. The highest BCUT2D eigenvalue weighted by molar-refractivity contribution is 7.81. The number of thiol groups is 1. The zero-order valence-electron chi connectivity index (χ0n) is 21.4. The lowest BCUT2D eigenvalue weighted by atomic mass is 10.0. The van der Waals surface area contributed by atoms with Gasteiger partial charge in [-0.05, 0) is 48.0 Å². The summed E-state index contributed by atoms with van der Waals surface area (Å²) < 4.78 is 21.6. The lowest BCUT2D eigenvalue weighted by Gasteiger charge is -2.34. The maximum Gasteiger partial charge on any atom is 0.410 e. The number of esters is 1. The van der Waals surface area contributed by atoms with E-state index in [1.807, 2.05) is 20.8 Å². The highest BCUT2D eigenvalue weighted by Gasteiger charge is 2.39. The standard InChI is InChI=1S/C23H38N2O8S/c1-21(2,3)33-20(29)24(13-11-22(4,5)32-14-12-23(6,34)31-8)15-16(19(28)30-7)25-17(26)9-10-18(25)27/h9-10,16,34H,11-15H2,1-8H3/t16-,23?/m1/s1. The molecule has 2 atom stereocenters. The first-order valence-corrected chi connectivity index (χ1v) is 11.5. The minimum Gasteiger partial charge on any atom is -0.467 e. The van der Waals surface area contributed by atoms with Crippen LogP contribution in [-0.4, -0.2) is 89.8 Å². The number of ether oxygens (including phenoxy) is 4. The SMILES string of the molecule is COC(=O)[C@@H](CN(CCC(C)(C)OCCC(C)(S)OC)C(=O)OC(C)(C)C)N1C(=O)C=CC1=O. The van der Waals surface area contributed by atoms with Gasteiger partial charge in [0.1, 0.15) is 10.5 Å². The maximum atomic E-state index is 13.0. The maximum absolute atomic E-state index is 13.0. The zero-order valence-corrected chi connectivity index (χ0v) is 22.3. The van der Waals surface area contributed by atoms with Gasteiger partial charge in [0.05, 0.1) is 25.9 Å². The van der Waals surface area contributed by atoms with Crippen molar-refractivity contribution in [2.75, 3.05) is 33.9 Å². The summed E-state index contributed by atoms with van der Waals surface area (Å²) in [4.78, 5) is 51.3. The van der Waals surface area contributed by atoms with Crippen molar-refractivity contribution in [3.63, 3.8) is 0 Å². The van der Waals surface area contributed by atoms with Crippen LogP contribution in [0.15, 0.2) is 12.2 Å². The van der Waals surface area contributed by atoms with E-state index in [1.165, 1.54) is 4.90 Å². The van der Waals surface area contributed by atoms with Gasteiger partial charge in [-0.25, -0.2) is 9.59 Å². The monoisotopic (exact) mass is 502 g/mol. The van der Waals surface area contributed by atoms with Crippen molar-refractivity contribution in [1.29, 1.82) is 0 Å². The fourth-order valence-corrected chi connectivity index (χ4v) is 3.10. The molecule has 0 spiro atoms. The van der Waals surface area contributed by atoms with Crippen LogP contribution in [0.1, 0.15) is 54.4 Å². The van der Waals surface area contributed by atoms with E-state index in [1.54, 1.807) is 27.9 Å². The molecule has 194 valence electrons. The van der Waals surface area contributed by atoms with Crippen molar-refractivity contribution in [2.45, 2.75) is 76.6 Å². The largest absolute Gasteiger partial charge is 0.467 e. The summed E-state index contributed by atoms with van der Waals surface area (Å²) in [5.41, 5.74) is -1.43. The molecule has 1 rings (SSSR count). The van der Waals surface area contributed by atoms with E-state index in [9.17, 15) is 19.2 Å². The molecule has 0 aromatic heterocycles. The summed E-state index contributed by atoms with van der Waals surface area (Å²) in [5.74, 6) is -2.12. The quantitative estimate of drug-likeness (QED) is 0.188. The number of hydrogen-bond acceptors (Lipinski definition) is 9. The smallest absolute Gasteiger partial charge is 0.410 e. The molecule has 0 aromatic rings. The second kappa shape index (κ2) is 12.0. The van der Waals surface area contributed by atoms with E-state index < -0.39 is 46.1 Å². The molecule has 11 heteroatoms. The summed E-state index contributed by atoms with van der Waals surface area (Å²) in [6.45, 7) is 11.0. The molecule has 1 heterocycles. The number of rotatable bonds is 12. The predicted octanol–water partition coefficient (Wildman–Crippen LogP) is 2.56. The molecule has 10 nitrogen and oxygen atoms in total. The molecule has 0 bridgehead atoms. The highest BCUT2D eigenvalue weighted by atomic mass is 32.1. The minimum absolute atomic E-state index is 0.140. The predicted molar refractivity (Wildman–Crippen MR) is 128 cm³/mol. The van der Waals surface area contributed by atoms with E-state index in [4.69, 9.17) is 18.9 Å². The van der Waals surface area contributed by atoms with Crippen LogP contribution in [-0.2, 0) is 33.3 Å². The van der Waals surface area contributed by atoms with Gasteiger partial charge >= 0.3 is 12.1 Å². The number of carbonyl (C=O) groups is 4. The highest BCUT2D eigenvalue weighted by Crippen LogP contribution is 2.23. The molecule has 0 aromatic carbocycles. The van der Waals surface area contributed by atoms with E-state index in [-0.39, 0.29) is 13.1 Å². The van der Waals surface area contributed by atoms with Gasteiger partial charge < -0.3 is 23.8 Å². The molecular formula is C23H38N2O8S. The fraction of sp³-hybridized carbons (Fsp3) is 0.739. The van der Waals surface area contributed by atoms with Crippen LogP contribution in [0.4, 0.5) is 4.79 Å². The normalized spacial score (nSPS) is 16.9. The van der Waals surface area contributed by atoms with Crippen LogP contribution >= 0.6 is 12.6 Å². The molecule has 0 saturated carbocycles. The van der Waals surface area contributed by atoms with E-state index in [0.717, 1.165) is 24.2 Å². The van der Waals surface area contributed by atoms with Crippen molar-refractivity contribution in [1.82, 2.24) is 9.80 Å². The van der Waals surface area contributed by atoms with Crippen LogP contribution in [0.25, 0.3) is 0 Å². The van der Waals surface area contributed by atoms with Crippen LogP contribution in [0.2, 0.25) is 0 Å². The van der Waals surface area contributed by atoms with E-state index in [0.29, 0.717) is 19.4 Å². The third-order valence-corrected chi connectivity index (χ3v) is 5.56. The Labute approximate surface area is 207 Å². The van der Waals surface area contributed by atoms with Gasteiger partial charge in [-0.2, -0.15) is 0 Å². The first-order valence-electron chi connectivity index (χ1n) is 11.0. The first kappa shape index (κ1) is 29.9. The number of methoxy groups -OCH3 is 2. The summed E-state index contributed by atoms with van der Waals surface area (Å²) in [5, 5.41) is 0. The summed E-state index contributed by atoms with van der Waals surface area (Å²) in [6, 6.07) is -1.32. The molecule has 3 amide bonds. The van der Waals surface area contributed by atoms with E-state index >= 15 is 0 Å². The van der Waals surface area contributed by atoms with Gasteiger partial charge in [0.2, 0.25) is 0 Å². The Morgan fingerprint density at radius 1 is 1.03 bits per heavy atom. The van der Waals surface area contributed by atoms with Crippen molar-refractivity contribution >= 4 is 36.5 Å². The molecule has 1 aliphatic rings. The summed E-state index contributed by atoms with van der Waals surface area (Å²) >= 11 is 4.41. The average Bonchev–Trinajstić information content (AvgIpc) is 3.04. The van der Waals surface area contributed by atoms with Crippen molar-refractivity contribution in [3.05, 3.63) is 12.2 Å². The van der Waals surface area contributed by atoms with Crippen LogP contribution in [0, 0.1) is 0 Å². The third-order valence-electron chi connectivity index (χ3n) is 5.16. The Hall–Kier alpha value is -2.11. The van der Waals surface area contributed by atoms with E-state index in [2.05, 4.69) is 12.6 Å². The van der Waals surface area contributed by atoms with Crippen molar-refractivity contribution < 1.29 is 38.1 Å². The van der Waals surface area contributed by atoms with Crippen LogP contribution in [0.3, 0.4) is 0 Å². The molecule has 0 N–H and O–H groups in total. The van der Waals surface area contributed by atoms with Crippen molar-refractivity contribution in [3.8, 4) is 0 Å². The van der Waals surface area contributed by atoms with Gasteiger partial charge in [-0.15, -0.1) is 12.6 Å². The number of nitrogens with zero attached hydrogens (tertiary/aromatic N) is 2.